The van der Waals surface area contributed by atoms with Gasteiger partial charge in [-0.1, -0.05) is 48.0 Å². The molecule has 0 aromatic rings. The number of carboxylic acids is 1. The maximum atomic E-state index is 13.4. The Kier molecular flexibility index (Phi) is 20.6. The lowest BCUT2D eigenvalue weighted by molar-refractivity contribution is -0.145. The van der Waals surface area contributed by atoms with Crippen LogP contribution in [0.4, 0.5) is 0 Å². The fourth-order valence-corrected chi connectivity index (χ4v) is 5.26. The molecule has 0 aromatic carbocycles. The lowest BCUT2D eigenvalue weighted by Gasteiger charge is -2.27. The molecule has 45 heavy (non-hydrogen) atoms. The molecule has 2 amide bonds. The van der Waals surface area contributed by atoms with Crippen LogP contribution in [0.3, 0.4) is 0 Å². The van der Waals surface area contributed by atoms with Crippen molar-refractivity contribution in [2.45, 2.75) is 130 Å². The van der Waals surface area contributed by atoms with Crippen molar-refractivity contribution in [3.63, 3.8) is 0 Å². The molecule has 7 N–H and O–H groups in total. The second-order valence-corrected chi connectivity index (χ2v) is 13.5. The average Bonchev–Trinajstić information content (AvgIpc) is 2.92. The second-order valence-electron chi connectivity index (χ2n) is 13.5. The van der Waals surface area contributed by atoms with E-state index in [1.807, 2.05) is 27.7 Å². The highest BCUT2D eigenvalue weighted by atomic mass is 16.4. The molecular formula is C33H60N4O8. The summed E-state index contributed by atoms with van der Waals surface area (Å²) in [6.07, 6.45) is 0.480. The van der Waals surface area contributed by atoms with Crippen LogP contribution in [0.1, 0.15) is 106 Å². The minimum atomic E-state index is -1.33. The van der Waals surface area contributed by atoms with E-state index in [1.54, 1.807) is 20.9 Å². The highest BCUT2D eigenvalue weighted by molar-refractivity contribution is 5.96. The van der Waals surface area contributed by atoms with E-state index >= 15 is 0 Å². The Balaban J connectivity index is 5.57. The molecular weight excluding hydrogens is 580 g/mol. The zero-order valence-electron chi connectivity index (χ0n) is 28.7. The molecule has 0 aliphatic rings. The van der Waals surface area contributed by atoms with Crippen LogP contribution in [-0.2, 0) is 28.8 Å². The van der Waals surface area contributed by atoms with Gasteiger partial charge in [0.2, 0.25) is 11.8 Å². The van der Waals surface area contributed by atoms with E-state index in [1.165, 1.54) is 6.92 Å². The van der Waals surface area contributed by atoms with E-state index in [2.05, 4.69) is 16.0 Å². The molecule has 0 spiro atoms. The van der Waals surface area contributed by atoms with Crippen molar-refractivity contribution in [1.82, 2.24) is 16.0 Å². The quantitative estimate of drug-likeness (QED) is 0.0804. The molecule has 0 aromatic heterocycles. The summed E-state index contributed by atoms with van der Waals surface area (Å²) in [6, 6.07) is -2.87. The number of rotatable bonds is 25. The number of Topliss-reactive ketones (excluding diaryl/α,β-unsaturated/α-hetero) is 3. The molecule has 0 aliphatic heterocycles. The van der Waals surface area contributed by atoms with E-state index in [0.717, 1.165) is 13.0 Å². The lowest BCUT2D eigenvalue weighted by atomic mass is 9.86. The van der Waals surface area contributed by atoms with Gasteiger partial charge in [0.15, 0.2) is 11.6 Å². The number of hydrogen-bond donors (Lipinski definition) is 6. The number of unbranched alkanes of at least 4 members (excludes halogenated alkanes) is 1. The van der Waals surface area contributed by atoms with Crippen molar-refractivity contribution in [1.29, 1.82) is 0 Å². The molecule has 0 saturated carbocycles. The maximum Gasteiger partial charge on any atom is 0.306 e. The average molecular weight is 641 g/mol. The SMILES string of the molecule is CNCCCC[C@H](CC(=O)[C@H](NC(=O)[C@@H](CC(=O)[C@@H](NC(=O)CCC(=O)[C@@H](N)CC(C)C)C(C)C)CC(C)C)C(C)O)C(=O)O. The standard InChI is InChI=1S/C33H60N4O8/c1-19(2)15-24(18-27(40)30(21(5)6)36-29(42)13-12-26(39)25(34)16-20(3)4)32(43)37-31(22(7)38)28(41)17-23(33(44)45)11-9-10-14-35-8/h19-25,30-31,35,38H,9-18,34H2,1-8H3,(H,36,42)(H,37,43)(H,44,45)/t22?,23-,24-,25+,30+,31-/m1/s1. The number of nitrogens with one attached hydrogen (secondary N) is 3. The number of aliphatic carboxylic acids is 1. The molecule has 0 fully saturated rings. The minimum Gasteiger partial charge on any atom is -0.481 e. The van der Waals surface area contributed by atoms with Gasteiger partial charge in [0.25, 0.3) is 0 Å². The smallest absolute Gasteiger partial charge is 0.306 e. The predicted molar refractivity (Wildman–Crippen MR) is 173 cm³/mol. The predicted octanol–water partition coefficient (Wildman–Crippen LogP) is 2.39. The van der Waals surface area contributed by atoms with Gasteiger partial charge >= 0.3 is 5.97 Å². The molecule has 1 unspecified atom stereocenters. The first-order valence-electron chi connectivity index (χ1n) is 16.4. The molecule has 0 rings (SSSR count). The van der Waals surface area contributed by atoms with Gasteiger partial charge in [0.05, 0.1) is 24.1 Å². The largest absolute Gasteiger partial charge is 0.481 e. The fourth-order valence-electron chi connectivity index (χ4n) is 5.26. The molecule has 0 bridgehead atoms. The van der Waals surface area contributed by atoms with Crippen molar-refractivity contribution in [3.8, 4) is 0 Å². The highest BCUT2D eigenvalue weighted by Crippen LogP contribution is 2.21. The molecule has 0 aliphatic carbocycles. The maximum absolute atomic E-state index is 13.4. The van der Waals surface area contributed by atoms with Crippen molar-refractivity contribution in [3.05, 3.63) is 0 Å². The van der Waals surface area contributed by atoms with Crippen LogP contribution in [0.25, 0.3) is 0 Å². The molecule has 0 saturated heterocycles. The van der Waals surface area contributed by atoms with Crippen LogP contribution < -0.4 is 21.7 Å². The second kappa shape index (κ2) is 21.9. The minimum absolute atomic E-state index is 0.0106. The highest BCUT2D eigenvalue weighted by Gasteiger charge is 2.34. The number of aliphatic hydroxyl groups is 1. The Morgan fingerprint density at radius 3 is 1.76 bits per heavy atom. The van der Waals surface area contributed by atoms with E-state index in [4.69, 9.17) is 5.73 Å². The Hall–Kier alpha value is -2.70. The fraction of sp³-hybridized carbons (Fsp3) is 0.818. The van der Waals surface area contributed by atoms with Crippen LogP contribution in [0.2, 0.25) is 0 Å². The number of carboxylic acid groups (broad SMARTS) is 1. The number of aliphatic hydroxyl groups excluding tert-OH is 1. The van der Waals surface area contributed by atoms with Crippen molar-refractivity contribution in [2.24, 2.45) is 35.3 Å². The summed E-state index contributed by atoms with van der Waals surface area (Å²) >= 11 is 0. The third-order valence-corrected chi connectivity index (χ3v) is 7.79. The van der Waals surface area contributed by atoms with Crippen LogP contribution in [0.5, 0.6) is 0 Å². The zero-order valence-corrected chi connectivity index (χ0v) is 28.7. The summed E-state index contributed by atoms with van der Waals surface area (Å²) in [7, 11) is 1.80. The monoisotopic (exact) mass is 640 g/mol. The van der Waals surface area contributed by atoms with Gasteiger partial charge in [0.1, 0.15) is 11.8 Å². The van der Waals surface area contributed by atoms with Crippen LogP contribution in [0, 0.1) is 29.6 Å². The number of amides is 2. The zero-order chi connectivity index (χ0) is 34.9. The van der Waals surface area contributed by atoms with Crippen LogP contribution >= 0.6 is 0 Å². The van der Waals surface area contributed by atoms with Gasteiger partial charge in [-0.3, -0.25) is 28.8 Å². The number of hydrogen-bond acceptors (Lipinski definition) is 9. The van der Waals surface area contributed by atoms with E-state index in [-0.39, 0.29) is 61.4 Å². The van der Waals surface area contributed by atoms with Gasteiger partial charge in [-0.2, -0.15) is 0 Å². The summed E-state index contributed by atoms with van der Waals surface area (Å²) in [5.41, 5.74) is 5.92. The summed E-state index contributed by atoms with van der Waals surface area (Å²) in [5, 5.41) is 28.3. The molecule has 12 heteroatoms. The van der Waals surface area contributed by atoms with Crippen molar-refractivity contribution >= 4 is 35.1 Å². The van der Waals surface area contributed by atoms with Gasteiger partial charge < -0.3 is 31.9 Å². The Morgan fingerprint density at radius 1 is 0.711 bits per heavy atom. The first-order chi connectivity index (χ1) is 20.9. The van der Waals surface area contributed by atoms with Crippen LogP contribution in [-0.4, -0.2) is 83.2 Å². The summed E-state index contributed by atoms with van der Waals surface area (Å²) < 4.78 is 0. The molecule has 0 radical (unpaired) electrons. The summed E-state index contributed by atoms with van der Waals surface area (Å²) in [6.45, 7) is 13.3. The molecule has 0 heterocycles. The lowest BCUT2D eigenvalue weighted by Crippen LogP contribution is -2.51. The Labute approximate surface area is 269 Å². The number of carbonyl (C=O) groups is 6. The van der Waals surface area contributed by atoms with Gasteiger partial charge in [-0.25, -0.2) is 0 Å². The van der Waals surface area contributed by atoms with Gasteiger partial charge in [-0.05, 0) is 64.0 Å². The molecule has 260 valence electrons. The third kappa shape index (κ3) is 17.5. The topological polar surface area (TPSA) is 205 Å². The van der Waals surface area contributed by atoms with Gasteiger partial charge in [0, 0.05) is 31.6 Å². The summed E-state index contributed by atoms with van der Waals surface area (Å²) in [4.78, 5) is 76.8. The Morgan fingerprint density at radius 2 is 1.27 bits per heavy atom. The van der Waals surface area contributed by atoms with Gasteiger partial charge in [-0.15, -0.1) is 0 Å². The number of ketones is 3. The van der Waals surface area contributed by atoms with Crippen molar-refractivity contribution < 1.29 is 39.0 Å². The third-order valence-electron chi connectivity index (χ3n) is 7.79. The van der Waals surface area contributed by atoms with Crippen LogP contribution in [0.15, 0.2) is 0 Å². The first-order valence-corrected chi connectivity index (χ1v) is 16.4. The van der Waals surface area contributed by atoms with E-state index < -0.39 is 59.6 Å². The van der Waals surface area contributed by atoms with E-state index in [0.29, 0.717) is 19.3 Å². The van der Waals surface area contributed by atoms with Crippen molar-refractivity contribution in [2.75, 3.05) is 13.6 Å². The molecule has 12 nitrogen and oxygen atoms in total. The molecule has 6 atom stereocenters. The number of nitrogens with two attached hydrogens (primary N) is 1. The normalized spacial score (nSPS) is 15.7. The summed E-state index contributed by atoms with van der Waals surface area (Å²) in [5.74, 6) is -5.20. The van der Waals surface area contributed by atoms with E-state index in [9.17, 15) is 39.0 Å². The number of carbonyl (C=O) groups excluding carboxylic acids is 5. The Bertz CT molecular complexity index is 966. The first kappa shape index (κ1) is 42.3.